The maximum Gasteiger partial charge on any atom is 0.356 e. The number of carboxylic acid groups (broad SMARTS) is 1. The van der Waals surface area contributed by atoms with E-state index < -0.39 is 65.1 Å². The number of carboxylic acids is 1. The molecule has 5 aromatic rings. The largest absolute Gasteiger partial charge is 0.505 e. The Morgan fingerprint density at radius 1 is 0.800 bits per heavy atom. The van der Waals surface area contributed by atoms with Gasteiger partial charge < -0.3 is 23.9 Å². The van der Waals surface area contributed by atoms with Crippen LogP contribution < -0.4 is 5.56 Å². The summed E-state index contributed by atoms with van der Waals surface area (Å²) in [6.07, 6.45) is 0. The molecule has 1 heterocycles. The normalized spacial score (nSPS) is 12.8. The lowest BCUT2D eigenvalue weighted by molar-refractivity contribution is 0.0690. The van der Waals surface area contributed by atoms with Crippen molar-refractivity contribution >= 4 is 60.5 Å². The number of nitrogens with zero attached hydrogens (tertiary/aromatic N) is 5. The second-order valence-corrected chi connectivity index (χ2v) is 12.4. The van der Waals surface area contributed by atoms with Crippen LogP contribution in [-0.4, -0.2) is 52.6 Å². The molecule has 0 aliphatic rings. The number of rotatable bonds is 8. The van der Waals surface area contributed by atoms with Crippen molar-refractivity contribution in [2.45, 2.75) is 16.7 Å². The van der Waals surface area contributed by atoms with Gasteiger partial charge in [0.05, 0.1) is 26.9 Å². The van der Waals surface area contributed by atoms with Crippen molar-refractivity contribution in [2.24, 2.45) is 20.5 Å². The summed E-state index contributed by atoms with van der Waals surface area (Å²) in [7, 11) is -8.86. The Hall–Kier alpha value is -5.24. The van der Waals surface area contributed by atoms with Crippen LogP contribution in [0, 0.1) is 6.92 Å². The van der Waals surface area contributed by atoms with Gasteiger partial charge in [-0.1, -0.05) is 23.8 Å². The smallest absolute Gasteiger partial charge is 0.356 e. The van der Waals surface area contributed by atoms with Gasteiger partial charge >= 0.3 is 5.97 Å². The first-order chi connectivity index (χ1) is 21.1. The summed E-state index contributed by atoms with van der Waals surface area (Å²) >= 11 is 0. The number of aryl methyl sites for hydroxylation is 1. The fourth-order valence-electron chi connectivity index (χ4n) is 4.14. The van der Waals surface area contributed by atoms with E-state index in [-0.39, 0.29) is 22.1 Å². The van der Waals surface area contributed by atoms with Gasteiger partial charge in [-0.15, -0.1) is 10.2 Å². The van der Waals surface area contributed by atoms with Crippen LogP contribution in [-0.2, 0) is 10.1 Å². The molecule has 0 unspecified atom stereocenters. The van der Waals surface area contributed by atoms with E-state index in [1.165, 1.54) is 24.3 Å². The number of aromatic carboxylic acids is 1. The summed E-state index contributed by atoms with van der Waals surface area (Å²) in [5.74, 6) is -2.14. The van der Waals surface area contributed by atoms with E-state index in [1.807, 2.05) is 6.92 Å². The number of H-pyrrole nitrogens is 1. The maximum absolute atomic E-state index is 13.1. The van der Waals surface area contributed by atoms with Crippen LogP contribution in [0.1, 0.15) is 16.1 Å². The molecule has 16 nitrogen and oxygen atoms in total. The summed E-state index contributed by atoms with van der Waals surface area (Å²) in [4.78, 5) is 24.0. The summed E-state index contributed by atoms with van der Waals surface area (Å²) in [5.41, 5.74) is -1.22. The minimum Gasteiger partial charge on any atom is -0.505 e. The molecule has 0 atom stereocenters. The molecule has 0 fully saturated rings. The molecule has 4 aromatic carbocycles. The van der Waals surface area contributed by atoms with Gasteiger partial charge in [0, 0.05) is 5.39 Å². The number of aromatic hydroxyl groups is 1. The van der Waals surface area contributed by atoms with Crippen LogP contribution in [0.4, 0.5) is 22.7 Å². The molecule has 45 heavy (non-hydrogen) atoms. The molecule has 0 saturated carbocycles. The van der Waals surface area contributed by atoms with Crippen LogP contribution in [0.2, 0.25) is 0 Å². The highest BCUT2D eigenvalue weighted by Gasteiger charge is 2.26. The summed E-state index contributed by atoms with van der Waals surface area (Å²) in [5, 5.41) is 39.0. The van der Waals surface area contributed by atoms with Gasteiger partial charge in [-0.05, 0) is 66.9 Å². The Bertz CT molecular complexity index is 2190. The van der Waals surface area contributed by atoms with Crippen molar-refractivity contribution < 1.29 is 41.6 Å². The van der Waals surface area contributed by atoms with Crippen molar-refractivity contribution in [1.29, 1.82) is 0 Å². The van der Waals surface area contributed by atoms with Gasteiger partial charge in [0.1, 0.15) is 16.6 Å². The minimum absolute atomic E-state index is 0.0311. The molecule has 232 valence electrons. The number of aromatic nitrogens is 2. The van der Waals surface area contributed by atoms with Gasteiger partial charge in [0.2, 0.25) is 0 Å². The van der Waals surface area contributed by atoms with Gasteiger partial charge in [-0.25, -0.2) is 9.48 Å². The Morgan fingerprint density at radius 3 is 2.00 bits per heavy atom. The number of phenols is 1. The molecule has 0 radical (unpaired) electrons. The highest BCUT2D eigenvalue weighted by Crippen LogP contribution is 2.54. The molecule has 1 aromatic heterocycles. The number of aromatic amines is 1. The van der Waals surface area contributed by atoms with Gasteiger partial charge in [0.15, 0.2) is 17.1 Å². The van der Waals surface area contributed by atoms with Crippen LogP contribution in [0.15, 0.2) is 108 Å². The van der Waals surface area contributed by atoms with Gasteiger partial charge in [0.25, 0.3) is 15.7 Å². The van der Waals surface area contributed by atoms with Crippen LogP contribution in [0.3, 0.4) is 0 Å². The average Bonchev–Trinajstić information content (AvgIpc) is 3.31. The molecule has 0 aliphatic heterocycles. The molecule has 18 heteroatoms. The van der Waals surface area contributed by atoms with Crippen LogP contribution in [0.25, 0.3) is 16.5 Å². The van der Waals surface area contributed by atoms with Gasteiger partial charge in [-0.3, -0.25) is 14.4 Å². The molecule has 7 N–H and O–H groups in total. The standard InChI is InChI=1S/C27H22N6O10S2/c1-14-2-5-16(6-3-14)28-30-22-21(45(41,42)43)12-15-4-7-17(13-20(15)25(22)34)29-31-23-24(27(36)37)32-33(26(23)35)18-8-10-19(11-9-18)44(38,39)40/h2-13,32,34,41-43H,1H3,(H,36,37)(H,38,39,40). The number of fused-ring (bicyclic) bond motifs is 1. The van der Waals surface area contributed by atoms with Crippen molar-refractivity contribution in [3.05, 3.63) is 94.4 Å². The zero-order valence-corrected chi connectivity index (χ0v) is 24.4. The van der Waals surface area contributed by atoms with E-state index in [9.17, 15) is 41.9 Å². The third-order valence-corrected chi connectivity index (χ3v) is 8.14. The third kappa shape index (κ3) is 6.50. The Morgan fingerprint density at radius 2 is 1.40 bits per heavy atom. The highest BCUT2D eigenvalue weighted by molar-refractivity contribution is 8.19. The first kappa shape index (κ1) is 31.2. The lowest BCUT2D eigenvalue weighted by atomic mass is 10.1. The lowest BCUT2D eigenvalue weighted by Gasteiger charge is -2.22. The van der Waals surface area contributed by atoms with E-state index >= 15 is 0 Å². The number of hydrogen-bond donors (Lipinski definition) is 7. The molecule has 5 rings (SSSR count). The quantitative estimate of drug-likeness (QED) is 0.0688. The Labute approximate surface area is 254 Å². The van der Waals surface area contributed by atoms with E-state index in [0.717, 1.165) is 34.5 Å². The summed E-state index contributed by atoms with van der Waals surface area (Å²) in [6, 6.07) is 16.4. The first-order valence-corrected chi connectivity index (χ1v) is 15.4. The predicted octanol–water partition coefficient (Wildman–Crippen LogP) is 6.69. The summed E-state index contributed by atoms with van der Waals surface area (Å²) < 4.78 is 62.6. The SMILES string of the molecule is Cc1ccc(N=Nc2c(S(O)(O)O)cc3ccc(N=Nc4c(C(=O)O)[nH]n(-c5ccc(S(=O)(=O)O)cc5)c4=O)cc3c2O)cc1. The van der Waals surface area contributed by atoms with Crippen molar-refractivity contribution in [3.8, 4) is 11.4 Å². The number of azo groups is 2. The number of carbonyl (C=O) groups is 1. The van der Waals surface area contributed by atoms with Crippen molar-refractivity contribution in [1.82, 2.24) is 9.78 Å². The first-order valence-electron chi connectivity index (χ1n) is 12.5. The van der Waals surface area contributed by atoms with Crippen LogP contribution in [0.5, 0.6) is 5.75 Å². The molecular weight excluding hydrogens is 632 g/mol. The average molecular weight is 655 g/mol. The molecule has 0 bridgehead atoms. The number of benzene rings is 4. The Kier molecular flexibility index (Phi) is 8.10. The second kappa shape index (κ2) is 11.7. The maximum atomic E-state index is 13.1. The van der Waals surface area contributed by atoms with E-state index in [4.69, 9.17) is 4.55 Å². The zero-order chi connectivity index (χ0) is 32.7. The molecule has 0 spiro atoms. The fourth-order valence-corrected chi connectivity index (χ4v) is 5.30. The monoisotopic (exact) mass is 654 g/mol. The Balaban J connectivity index is 1.56. The number of phenolic OH excluding ortho intramolecular Hbond substituents is 1. The van der Waals surface area contributed by atoms with Crippen LogP contribution >= 0.6 is 10.9 Å². The fraction of sp³-hybridized carbons (Fsp3) is 0.0370. The van der Waals surface area contributed by atoms with Gasteiger partial charge in [-0.2, -0.15) is 18.6 Å². The van der Waals surface area contributed by atoms with Crippen molar-refractivity contribution in [3.63, 3.8) is 0 Å². The summed E-state index contributed by atoms with van der Waals surface area (Å²) in [6.45, 7) is 1.87. The number of nitrogens with one attached hydrogen (secondary N) is 1. The molecule has 0 saturated heterocycles. The zero-order valence-electron chi connectivity index (χ0n) is 22.8. The predicted molar refractivity (Wildman–Crippen MR) is 162 cm³/mol. The van der Waals surface area contributed by atoms with E-state index in [1.54, 1.807) is 24.3 Å². The van der Waals surface area contributed by atoms with Crippen molar-refractivity contribution in [2.75, 3.05) is 0 Å². The minimum atomic E-state index is -4.51. The molecule has 0 aliphatic carbocycles. The lowest BCUT2D eigenvalue weighted by Crippen LogP contribution is -2.14. The second-order valence-electron chi connectivity index (χ2n) is 9.48. The molecular formula is C27H22N6O10S2. The third-order valence-electron chi connectivity index (χ3n) is 6.37. The highest BCUT2D eigenvalue weighted by atomic mass is 32.3. The molecule has 0 amide bonds. The topological polar surface area (TPSA) is 260 Å². The van der Waals surface area contributed by atoms with E-state index in [2.05, 4.69) is 25.6 Å². The number of hydrogen-bond acceptors (Lipinski definition) is 12. The van der Waals surface area contributed by atoms with E-state index in [0.29, 0.717) is 5.69 Å².